The minimum atomic E-state index is -0.409. The molecule has 0 unspecified atom stereocenters. The molecule has 8 heteroatoms. The normalized spacial score (nSPS) is 10.6. The predicted molar refractivity (Wildman–Crippen MR) is 85.8 cm³/mol. The Labute approximate surface area is 128 Å². The smallest absolute Gasteiger partial charge is 0.296 e. The summed E-state index contributed by atoms with van der Waals surface area (Å²) in [7, 11) is 0. The van der Waals surface area contributed by atoms with Gasteiger partial charge in [-0.25, -0.2) is 0 Å². The van der Waals surface area contributed by atoms with E-state index in [9.17, 15) is 4.79 Å². The van der Waals surface area contributed by atoms with E-state index in [0.29, 0.717) is 18.8 Å². The van der Waals surface area contributed by atoms with Crippen LogP contribution >= 0.6 is 24.8 Å². The maximum Gasteiger partial charge on any atom is 0.296 e. The van der Waals surface area contributed by atoms with Gasteiger partial charge in [0.2, 0.25) is 0 Å². The molecule has 0 aliphatic heterocycles. The van der Waals surface area contributed by atoms with Gasteiger partial charge in [-0.3, -0.25) is 4.79 Å². The first-order valence-electron chi connectivity index (χ1n) is 5.61. The van der Waals surface area contributed by atoms with Crippen LogP contribution in [-0.4, -0.2) is 29.9 Å². The lowest BCUT2D eigenvalue weighted by Gasteiger charge is -2.01. The van der Waals surface area contributed by atoms with Crippen molar-refractivity contribution in [2.45, 2.75) is 0 Å². The molecule has 1 heterocycles. The van der Waals surface area contributed by atoms with Gasteiger partial charge in [0.1, 0.15) is 5.69 Å². The van der Waals surface area contributed by atoms with Gasteiger partial charge in [0.25, 0.3) is 5.91 Å². The average Bonchev–Trinajstić information content (AvgIpc) is 2.80. The van der Waals surface area contributed by atoms with Crippen molar-refractivity contribution in [1.29, 1.82) is 0 Å². The second kappa shape index (κ2) is 8.42. The second-order valence-corrected chi connectivity index (χ2v) is 3.79. The number of H-pyrrole nitrogens is 1. The van der Waals surface area contributed by atoms with E-state index in [1.807, 2.05) is 24.3 Å². The van der Waals surface area contributed by atoms with Crippen molar-refractivity contribution in [3.05, 3.63) is 36.0 Å². The van der Waals surface area contributed by atoms with Gasteiger partial charge in [-0.05, 0) is 12.1 Å². The first-order chi connectivity index (χ1) is 8.70. The Bertz CT molecular complexity index is 563. The molecule has 0 fully saturated rings. The Morgan fingerprint density at radius 3 is 2.65 bits per heavy atom. The molecule has 2 rings (SSSR count). The first kappa shape index (κ1) is 18.2. The molecule has 0 aliphatic rings. The van der Waals surface area contributed by atoms with Crippen molar-refractivity contribution in [2.75, 3.05) is 13.1 Å². The molecule has 110 valence electrons. The van der Waals surface area contributed by atoms with Crippen LogP contribution in [0.3, 0.4) is 0 Å². The standard InChI is InChI=1S/C12H15N5O.2ClH/c13-5-6-15-12(14)17-11(18)10-7-8-3-1-2-4-9(8)16-10;;/h1-4,7,16H,5-6,13H2,(H3,14,15,17,18);2*1H. The fourth-order valence-corrected chi connectivity index (χ4v) is 1.60. The van der Waals surface area contributed by atoms with Crippen LogP contribution in [0, 0.1) is 0 Å². The van der Waals surface area contributed by atoms with Crippen molar-refractivity contribution in [3.63, 3.8) is 0 Å². The number of nitrogens with two attached hydrogens (primary N) is 2. The molecule has 1 aromatic carbocycles. The molecule has 2 aromatic rings. The Kier molecular flexibility index (Phi) is 7.68. The van der Waals surface area contributed by atoms with Crippen LogP contribution in [0.15, 0.2) is 35.3 Å². The van der Waals surface area contributed by atoms with Crippen molar-refractivity contribution in [1.82, 2.24) is 10.3 Å². The molecule has 0 radical (unpaired) electrons. The summed E-state index contributed by atoms with van der Waals surface area (Å²) in [4.78, 5) is 18.5. The van der Waals surface area contributed by atoms with Crippen molar-refractivity contribution < 1.29 is 4.79 Å². The fraction of sp³-hybridized carbons (Fsp3) is 0.167. The monoisotopic (exact) mass is 317 g/mol. The summed E-state index contributed by atoms with van der Waals surface area (Å²) in [6.45, 7) is 0.909. The van der Waals surface area contributed by atoms with Crippen molar-refractivity contribution >= 4 is 47.6 Å². The van der Waals surface area contributed by atoms with Gasteiger partial charge in [-0.15, -0.1) is 24.8 Å². The highest BCUT2D eigenvalue weighted by Gasteiger charge is 2.08. The fourth-order valence-electron chi connectivity index (χ4n) is 1.60. The summed E-state index contributed by atoms with van der Waals surface area (Å²) in [6, 6.07) is 9.37. The Hall–Kier alpha value is -1.76. The molecule has 6 nitrogen and oxygen atoms in total. The van der Waals surface area contributed by atoms with E-state index in [1.165, 1.54) is 0 Å². The zero-order valence-corrected chi connectivity index (χ0v) is 12.3. The van der Waals surface area contributed by atoms with E-state index >= 15 is 0 Å². The number of hydrogen-bond donors (Lipinski definition) is 4. The third-order valence-electron chi connectivity index (χ3n) is 2.43. The number of aliphatic imine (C=N–C) groups is 1. The van der Waals surface area contributed by atoms with Crippen molar-refractivity contribution in [3.8, 4) is 0 Å². The average molecular weight is 318 g/mol. The van der Waals surface area contributed by atoms with Gasteiger partial charge in [-0.2, -0.15) is 4.99 Å². The van der Waals surface area contributed by atoms with Gasteiger partial charge in [0.15, 0.2) is 5.96 Å². The van der Waals surface area contributed by atoms with E-state index in [0.717, 1.165) is 10.9 Å². The molecule has 6 N–H and O–H groups in total. The summed E-state index contributed by atoms with van der Waals surface area (Å²) >= 11 is 0. The number of fused-ring (bicyclic) bond motifs is 1. The highest BCUT2D eigenvalue weighted by molar-refractivity contribution is 6.03. The van der Waals surface area contributed by atoms with Crippen LogP contribution in [0.2, 0.25) is 0 Å². The molecular weight excluding hydrogens is 301 g/mol. The molecule has 1 amide bonds. The van der Waals surface area contributed by atoms with Crippen LogP contribution in [0.4, 0.5) is 0 Å². The Morgan fingerprint density at radius 2 is 2.00 bits per heavy atom. The van der Waals surface area contributed by atoms with E-state index in [4.69, 9.17) is 11.5 Å². The topological polar surface area (TPSA) is 109 Å². The molecular formula is C12H17Cl2N5O. The largest absolute Gasteiger partial charge is 0.370 e. The molecule has 0 aliphatic carbocycles. The lowest BCUT2D eigenvalue weighted by atomic mass is 10.2. The third-order valence-corrected chi connectivity index (χ3v) is 2.43. The molecule has 0 bridgehead atoms. The van der Waals surface area contributed by atoms with E-state index < -0.39 is 5.91 Å². The molecule has 0 saturated carbocycles. The van der Waals surface area contributed by atoms with E-state index in [2.05, 4.69) is 15.3 Å². The number of hydrogen-bond acceptors (Lipinski definition) is 2. The zero-order valence-electron chi connectivity index (χ0n) is 10.6. The number of nitrogens with one attached hydrogen (secondary N) is 2. The van der Waals surface area contributed by atoms with Gasteiger partial charge in [0.05, 0.1) is 0 Å². The SMILES string of the molecule is Cl.Cl.NCCNC(N)=NC(=O)c1cc2ccccc2[nH]1. The number of rotatable bonds is 3. The predicted octanol–water partition coefficient (Wildman–Crippen LogP) is 1.01. The van der Waals surface area contributed by atoms with Gasteiger partial charge < -0.3 is 21.8 Å². The summed E-state index contributed by atoms with van der Waals surface area (Å²) in [5.41, 5.74) is 12.2. The highest BCUT2D eigenvalue weighted by atomic mass is 35.5. The van der Waals surface area contributed by atoms with Gasteiger partial charge >= 0.3 is 0 Å². The van der Waals surface area contributed by atoms with Crippen LogP contribution in [0.1, 0.15) is 10.5 Å². The van der Waals surface area contributed by atoms with E-state index in [-0.39, 0.29) is 30.8 Å². The van der Waals surface area contributed by atoms with Crippen LogP contribution < -0.4 is 16.8 Å². The highest BCUT2D eigenvalue weighted by Crippen LogP contribution is 2.14. The lowest BCUT2D eigenvalue weighted by Crippen LogP contribution is -2.36. The number of carbonyl (C=O) groups is 1. The molecule has 20 heavy (non-hydrogen) atoms. The summed E-state index contributed by atoms with van der Waals surface area (Å²) in [5, 5.41) is 3.70. The minimum Gasteiger partial charge on any atom is -0.370 e. The maximum atomic E-state index is 11.8. The number of halogens is 2. The molecule has 0 saturated heterocycles. The molecule has 0 spiro atoms. The second-order valence-electron chi connectivity index (χ2n) is 3.79. The quantitative estimate of drug-likeness (QED) is 0.500. The number of aromatic nitrogens is 1. The first-order valence-corrected chi connectivity index (χ1v) is 5.61. The summed E-state index contributed by atoms with van der Waals surface area (Å²) in [5.74, 6) is -0.336. The van der Waals surface area contributed by atoms with E-state index in [1.54, 1.807) is 6.07 Å². The van der Waals surface area contributed by atoms with Gasteiger partial charge in [-0.1, -0.05) is 18.2 Å². The number of guanidine groups is 1. The van der Waals surface area contributed by atoms with Crippen molar-refractivity contribution in [2.24, 2.45) is 16.5 Å². The molecule has 0 atom stereocenters. The van der Waals surface area contributed by atoms with Crippen LogP contribution in [0.25, 0.3) is 10.9 Å². The number of carbonyl (C=O) groups excluding carboxylic acids is 1. The number of para-hydroxylation sites is 1. The lowest BCUT2D eigenvalue weighted by molar-refractivity contribution is 0.0998. The van der Waals surface area contributed by atoms with Crippen LogP contribution in [-0.2, 0) is 0 Å². The molecule has 1 aromatic heterocycles. The number of amides is 1. The third kappa shape index (κ3) is 4.41. The minimum absolute atomic E-state index is 0. The number of nitrogens with zero attached hydrogens (tertiary/aromatic N) is 1. The Morgan fingerprint density at radius 1 is 1.30 bits per heavy atom. The zero-order chi connectivity index (χ0) is 13.0. The summed E-state index contributed by atoms with van der Waals surface area (Å²) in [6.07, 6.45) is 0. The summed E-state index contributed by atoms with van der Waals surface area (Å²) < 4.78 is 0. The number of benzene rings is 1. The number of aromatic amines is 1. The van der Waals surface area contributed by atoms with Gasteiger partial charge in [0, 0.05) is 24.0 Å². The van der Waals surface area contributed by atoms with Crippen LogP contribution in [0.5, 0.6) is 0 Å². The maximum absolute atomic E-state index is 11.8. The Balaban J connectivity index is 0.00000180.